The molecule has 0 atom stereocenters. The molecule has 1 aromatic carbocycles. The van der Waals surface area contributed by atoms with Gasteiger partial charge in [0, 0.05) is 18.6 Å². The van der Waals surface area contributed by atoms with Gasteiger partial charge in [-0.3, -0.25) is 4.79 Å². The summed E-state index contributed by atoms with van der Waals surface area (Å²) in [4.78, 5) is 11.2. The number of benzene rings is 1. The maximum absolute atomic E-state index is 11.2. The van der Waals surface area contributed by atoms with Gasteiger partial charge in [0.2, 0.25) is 0 Å². The molecule has 17 heavy (non-hydrogen) atoms. The van der Waals surface area contributed by atoms with E-state index in [9.17, 15) is 4.79 Å². The fourth-order valence-corrected chi connectivity index (χ4v) is 2.30. The molecule has 86 valence electrons. The van der Waals surface area contributed by atoms with Crippen LogP contribution in [0, 0.1) is 0 Å². The lowest BCUT2D eigenvalue weighted by molar-refractivity contribution is 0.100. The maximum Gasteiger partial charge on any atom is 0.181 e. The largest absolute Gasteiger partial charge is 0.356 e. The number of aryl methyl sites for hydroxylation is 2. The molecule has 0 spiro atoms. The van der Waals surface area contributed by atoms with E-state index < -0.39 is 0 Å². The van der Waals surface area contributed by atoms with Crippen LogP contribution in [0.5, 0.6) is 0 Å². The number of hydrogen-bond donors (Lipinski definition) is 0. The Kier molecular flexibility index (Phi) is 2.32. The van der Waals surface area contributed by atoms with E-state index in [4.69, 9.17) is 4.52 Å². The van der Waals surface area contributed by atoms with Gasteiger partial charge in [-0.25, -0.2) is 0 Å². The fraction of sp³-hybridized carbons (Fsp3) is 0.286. The molecule has 0 radical (unpaired) electrons. The first-order valence-electron chi connectivity index (χ1n) is 5.84. The molecule has 1 aliphatic rings. The van der Waals surface area contributed by atoms with Crippen LogP contribution in [0.25, 0.3) is 11.3 Å². The Hall–Kier alpha value is -1.90. The Morgan fingerprint density at radius 1 is 1.24 bits per heavy atom. The van der Waals surface area contributed by atoms with Gasteiger partial charge in [-0.05, 0) is 36.5 Å². The third-order valence-corrected chi connectivity index (χ3v) is 3.25. The van der Waals surface area contributed by atoms with Crippen molar-refractivity contribution in [2.45, 2.75) is 26.2 Å². The second-order valence-corrected chi connectivity index (χ2v) is 4.47. The Morgan fingerprint density at radius 3 is 2.82 bits per heavy atom. The Bertz CT molecular complexity index is 584. The highest BCUT2D eigenvalue weighted by molar-refractivity contribution is 5.92. The van der Waals surface area contributed by atoms with Gasteiger partial charge in [-0.15, -0.1) is 0 Å². The molecule has 2 aromatic rings. The summed E-state index contributed by atoms with van der Waals surface area (Å²) in [6.45, 7) is 1.49. The third kappa shape index (κ3) is 1.78. The summed E-state index contributed by atoms with van der Waals surface area (Å²) in [6.07, 6.45) is 3.54. The van der Waals surface area contributed by atoms with Gasteiger partial charge in [-0.2, -0.15) is 0 Å². The molecule has 0 N–H and O–H groups in total. The van der Waals surface area contributed by atoms with Crippen LogP contribution in [0.3, 0.4) is 0 Å². The van der Waals surface area contributed by atoms with E-state index in [-0.39, 0.29) is 5.78 Å². The standard InChI is InChI=1S/C14H13NO2/c1-9(16)13-8-14(17-15-13)12-6-5-10-3-2-4-11(10)7-12/h5-8H,2-4H2,1H3. The fourth-order valence-electron chi connectivity index (χ4n) is 2.30. The molecule has 3 heteroatoms. The summed E-state index contributed by atoms with van der Waals surface area (Å²) in [5.41, 5.74) is 4.22. The second-order valence-electron chi connectivity index (χ2n) is 4.47. The van der Waals surface area contributed by atoms with Crippen LogP contribution < -0.4 is 0 Å². The lowest BCUT2D eigenvalue weighted by Gasteiger charge is -2.00. The van der Waals surface area contributed by atoms with Crippen molar-refractivity contribution in [3.8, 4) is 11.3 Å². The van der Waals surface area contributed by atoms with Crippen LogP contribution in [-0.4, -0.2) is 10.9 Å². The zero-order valence-corrected chi connectivity index (χ0v) is 9.69. The molecule has 3 nitrogen and oxygen atoms in total. The van der Waals surface area contributed by atoms with Gasteiger partial charge in [-0.1, -0.05) is 17.3 Å². The SMILES string of the molecule is CC(=O)c1cc(-c2ccc3c(c2)CCC3)on1. The molecule has 0 saturated carbocycles. The molecule has 0 unspecified atom stereocenters. The van der Waals surface area contributed by atoms with E-state index in [1.54, 1.807) is 6.07 Å². The summed E-state index contributed by atoms with van der Waals surface area (Å²) in [5, 5.41) is 3.76. The molecule has 1 aromatic heterocycles. The van der Waals surface area contributed by atoms with E-state index in [0.717, 1.165) is 12.0 Å². The average molecular weight is 227 g/mol. The van der Waals surface area contributed by atoms with E-state index in [0.29, 0.717) is 11.5 Å². The minimum atomic E-state index is -0.0684. The third-order valence-electron chi connectivity index (χ3n) is 3.25. The van der Waals surface area contributed by atoms with Crippen LogP contribution in [-0.2, 0) is 12.8 Å². The predicted molar refractivity (Wildman–Crippen MR) is 64.0 cm³/mol. The summed E-state index contributed by atoms with van der Waals surface area (Å²) >= 11 is 0. The smallest absolute Gasteiger partial charge is 0.181 e. The van der Waals surface area contributed by atoms with Gasteiger partial charge in [0.1, 0.15) is 5.69 Å². The van der Waals surface area contributed by atoms with Crippen LogP contribution in [0.1, 0.15) is 35.0 Å². The van der Waals surface area contributed by atoms with E-state index in [1.807, 2.05) is 6.07 Å². The Morgan fingerprint density at radius 2 is 2.06 bits per heavy atom. The average Bonchev–Trinajstić information content (AvgIpc) is 2.97. The Balaban J connectivity index is 2.00. The first kappa shape index (κ1) is 10.3. The van der Waals surface area contributed by atoms with Gasteiger partial charge in [0.15, 0.2) is 11.5 Å². The van der Waals surface area contributed by atoms with Gasteiger partial charge < -0.3 is 4.52 Å². The number of Topliss-reactive ketones (excluding diaryl/α,β-unsaturated/α-hetero) is 1. The maximum atomic E-state index is 11.2. The second kappa shape index (κ2) is 3.84. The molecule has 1 aliphatic carbocycles. The van der Waals surface area contributed by atoms with Crippen molar-refractivity contribution in [1.82, 2.24) is 5.16 Å². The first-order valence-corrected chi connectivity index (χ1v) is 5.84. The molecular formula is C14H13NO2. The molecule has 0 bridgehead atoms. The molecule has 0 amide bonds. The summed E-state index contributed by atoms with van der Waals surface area (Å²) in [7, 11) is 0. The molecular weight excluding hydrogens is 214 g/mol. The van der Waals surface area contributed by atoms with Crippen molar-refractivity contribution < 1.29 is 9.32 Å². The van der Waals surface area contributed by atoms with Crippen molar-refractivity contribution in [3.05, 3.63) is 41.1 Å². The number of carbonyl (C=O) groups excluding carboxylic acids is 1. The molecule has 0 fully saturated rings. The number of ketones is 1. The minimum absolute atomic E-state index is 0.0684. The summed E-state index contributed by atoms with van der Waals surface area (Å²) in [6, 6.07) is 8.04. The number of aromatic nitrogens is 1. The molecule has 1 heterocycles. The van der Waals surface area contributed by atoms with Crippen LogP contribution in [0.4, 0.5) is 0 Å². The molecule has 0 aliphatic heterocycles. The van der Waals surface area contributed by atoms with Crippen LogP contribution >= 0.6 is 0 Å². The van der Waals surface area contributed by atoms with E-state index in [1.165, 1.54) is 30.9 Å². The number of rotatable bonds is 2. The number of nitrogens with zero attached hydrogens (tertiary/aromatic N) is 1. The number of carbonyl (C=O) groups is 1. The molecule has 0 saturated heterocycles. The number of hydrogen-bond acceptors (Lipinski definition) is 3. The quantitative estimate of drug-likeness (QED) is 0.740. The van der Waals surface area contributed by atoms with Crippen molar-refractivity contribution in [1.29, 1.82) is 0 Å². The number of fused-ring (bicyclic) bond motifs is 1. The van der Waals surface area contributed by atoms with Crippen LogP contribution in [0.15, 0.2) is 28.8 Å². The van der Waals surface area contributed by atoms with Crippen molar-refractivity contribution in [3.63, 3.8) is 0 Å². The highest BCUT2D eigenvalue weighted by atomic mass is 16.5. The normalized spacial score (nSPS) is 13.7. The van der Waals surface area contributed by atoms with Gasteiger partial charge in [0.25, 0.3) is 0 Å². The summed E-state index contributed by atoms with van der Waals surface area (Å²) < 4.78 is 5.20. The van der Waals surface area contributed by atoms with Gasteiger partial charge in [0.05, 0.1) is 0 Å². The highest BCUT2D eigenvalue weighted by Gasteiger charge is 2.14. The van der Waals surface area contributed by atoms with Crippen molar-refractivity contribution in [2.75, 3.05) is 0 Å². The minimum Gasteiger partial charge on any atom is -0.356 e. The summed E-state index contributed by atoms with van der Waals surface area (Å²) in [5.74, 6) is 0.603. The lowest BCUT2D eigenvalue weighted by atomic mass is 10.0. The van der Waals surface area contributed by atoms with E-state index >= 15 is 0 Å². The van der Waals surface area contributed by atoms with Crippen molar-refractivity contribution >= 4 is 5.78 Å². The van der Waals surface area contributed by atoms with E-state index in [2.05, 4.69) is 17.3 Å². The highest BCUT2D eigenvalue weighted by Crippen LogP contribution is 2.28. The zero-order chi connectivity index (χ0) is 11.8. The van der Waals surface area contributed by atoms with Crippen LogP contribution in [0.2, 0.25) is 0 Å². The monoisotopic (exact) mass is 227 g/mol. The topological polar surface area (TPSA) is 43.1 Å². The van der Waals surface area contributed by atoms with Gasteiger partial charge >= 0.3 is 0 Å². The Labute approximate surface area is 99.4 Å². The zero-order valence-electron chi connectivity index (χ0n) is 9.69. The van der Waals surface area contributed by atoms with Crippen molar-refractivity contribution in [2.24, 2.45) is 0 Å². The first-order chi connectivity index (χ1) is 8.24. The molecule has 3 rings (SSSR count). The predicted octanol–water partition coefficient (Wildman–Crippen LogP) is 3.03. The lowest BCUT2D eigenvalue weighted by Crippen LogP contribution is -1.89.